The first-order chi connectivity index (χ1) is 11.7. The van der Waals surface area contributed by atoms with Gasteiger partial charge in [0.1, 0.15) is 0 Å². The summed E-state index contributed by atoms with van der Waals surface area (Å²) in [5, 5.41) is 4.60. The van der Waals surface area contributed by atoms with Crippen LogP contribution in [0.15, 0.2) is 47.9 Å². The van der Waals surface area contributed by atoms with Crippen molar-refractivity contribution in [2.75, 3.05) is 7.05 Å². The molecule has 5 heteroatoms. The molecule has 1 heterocycles. The number of carbonyl (C=O) groups excluding carboxylic acids is 2. The number of amides is 2. The van der Waals surface area contributed by atoms with E-state index in [-0.39, 0.29) is 11.8 Å². The van der Waals surface area contributed by atoms with Crippen LogP contribution in [0.1, 0.15) is 33.6 Å². The monoisotopic (exact) mass is 340 g/mol. The first kappa shape index (κ1) is 16.5. The third kappa shape index (κ3) is 4.11. The third-order valence-corrected chi connectivity index (χ3v) is 4.84. The fourth-order valence-corrected chi connectivity index (χ4v) is 3.13. The molecule has 1 aliphatic carbocycles. The molecule has 124 valence electrons. The largest absolute Gasteiger partial charge is 0.355 e. The topological polar surface area (TPSA) is 49.4 Å². The Morgan fingerprint density at radius 1 is 1.25 bits per heavy atom. The third-order valence-electron chi connectivity index (χ3n) is 4.00. The molecule has 0 aliphatic heterocycles. The number of rotatable bonds is 6. The van der Waals surface area contributed by atoms with Crippen molar-refractivity contribution < 1.29 is 9.59 Å². The van der Waals surface area contributed by atoms with E-state index in [1.54, 1.807) is 36.6 Å². The van der Waals surface area contributed by atoms with Crippen LogP contribution in [0.25, 0.3) is 6.08 Å². The maximum Gasteiger partial charge on any atom is 0.251 e. The van der Waals surface area contributed by atoms with Gasteiger partial charge in [0.05, 0.1) is 0 Å². The number of nitrogens with zero attached hydrogens (tertiary/aromatic N) is 1. The van der Waals surface area contributed by atoms with Crippen LogP contribution in [-0.2, 0) is 11.3 Å². The molecule has 1 saturated carbocycles. The molecule has 0 saturated heterocycles. The quantitative estimate of drug-likeness (QED) is 0.820. The summed E-state index contributed by atoms with van der Waals surface area (Å²) in [5.41, 5.74) is 1.66. The Balaban J connectivity index is 1.68. The van der Waals surface area contributed by atoms with E-state index in [1.165, 1.54) is 0 Å². The van der Waals surface area contributed by atoms with E-state index in [9.17, 15) is 9.59 Å². The molecule has 2 amide bonds. The van der Waals surface area contributed by atoms with Crippen LogP contribution in [0.2, 0.25) is 0 Å². The lowest BCUT2D eigenvalue weighted by Crippen LogP contribution is -2.31. The fourth-order valence-electron chi connectivity index (χ4n) is 2.51. The smallest absolute Gasteiger partial charge is 0.251 e. The minimum atomic E-state index is -0.101. The van der Waals surface area contributed by atoms with Crippen molar-refractivity contribution in [1.82, 2.24) is 10.2 Å². The second-order valence-electron chi connectivity index (χ2n) is 5.82. The van der Waals surface area contributed by atoms with E-state index in [0.717, 1.165) is 23.3 Å². The van der Waals surface area contributed by atoms with Crippen LogP contribution in [-0.4, -0.2) is 29.8 Å². The molecule has 4 nitrogen and oxygen atoms in total. The molecule has 1 N–H and O–H groups in total. The van der Waals surface area contributed by atoms with Crippen molar-refractivity contribution in [3.8, 4) is 0 Å². The number of thiophene rings is 1. The molecule has 0 spiro atoms. The Labute approximate surface area is 145 Å². The van der Waals surface area contributed by atoms with Gasteiger partial charge in [-0.3, -0.25) is 9.59 Å². The molecule has 3 rings (SSSR count). The van der Waals surface area contributed by atoms with Crippen LogP contribution in [0.3, 0.4) is 0 Å². The molecule has 0 unspecified atom stereocenters. The molecular formula is C19H20N2O2S. The van der Waals surface area contributed by atoms with E-state index in [0.29, 0.717) is 18.2 Å². The first-order valence-electron chi connectivity index (χ1n) is 8.00. The Kier molecular flexibility index (Phi) is 5.11. The van der Waals surface area contributed by atoms with Gasteiger partial charge in [-0.05, 0) is 48.1 Å². The summed E-state index contributed by atoms with van der Waals surface area (Å²) in [5.74, 6) is -0.0585. The molecule has 1 aromatic heterocycles. The molecule has 2 aromatic rings. The predicted octanol–water partition coefficient (Wildman–Crippen LogP) is 3.31. The van der Waals surface area contributed by atoms with Crippen molar-refractivity contribution >= 4 is 29.2 Å². The summed E-state index contributed by atoms with van der Waals surface area (Å²) in [4.78, 5) is 27.1. The van der Waals surface area contributed by atoms with Gasteiger partial charge in [0.2, 0.25) is 5.91 Å². The summed E-state index contributed by atoms with van der Waals surface area (Å²) in [6, 6.07) is 11.7. The van der Waals surface area contributed by atoms with Crippen LogP contribution in [0, 0.1) is 0 Å². The van der Waals surface area contributed by atoms with Gasteiger partial charge in [-0.15, -0.1) is 11.3 Å². The molecule has 24 heavy (non-hydrogen) atoms. The molecular weight excluding hydrogens is 320 g/mol. The first-order valence-corrected chi connectivity index (χ1v) is 8.88. The van der Waals surface area contributed by atoms with Crippen LogP contribution in [0.4, 0.5) is 0 Å². The number of hydrogen-bond donors (Lipinski definition) is 1. The fraction of sp³-hybridized carbons (Fsp3) is 0.263. The Bertz CT molecular complexity index is 731. The highest BCUT2D eigenvalue weighted by atomic mass is 32.1. The van der Waals surface area contributed by atoms with Crippen molar-refractivity contribution in [3.63, 3.8) is 0 Å². The van der Waals surface area contributed by atoms with Crippen LogP contribution >= 0.6 is 11.3 Å². The number of benzene rings is 1. The minimum Gasteiger partial charge on any atom is -0.355 e. The Morgan fingerprint density at radius 2 is 2.00 bits per heavy atom. The molecule has 1 aromatic carbocycles. The van der Waals surface area contributed by atoms with Gasteiger partial charge in [-0.1, -0.05) is 18.2 Å². The highest BCUT2D eigenvalue weighted by molar-refractivity contribution is 7.10. The van der Waals surface area contributed by atoms with E-state index in [4.69, 9.17) is 0 Å². The van der Waals surface area contributed by atoms with Gasteiger partial charge in [0.15, 0.2) is 0 Å². The lowest BCUT2D eigenvalue weighted by molar-refractivity contribution is -0.127. The number of carbonyl (C=O) groups is 2. The standard InChI is InChI=1S/C19H20N2O2S/c1-20-19(23)15-6-4-14(5-7-15)13-21(16-8-9-16)18(22)11-10-17-3-2-12-24-17/h2-7,10-12,16H,8-9,13H2,1H3,(H,20,23)/b11-10+. The molecule has 1 fully saturated rings. The van der Waals surface area contributed by atoms with E-state index >= 15 is 0 Å². The zero-order valence-electron chi connectivity index (χ0n) is 13.6. The van der Waals surface area contributed by atoms with Gasteiger partial charge in [-0.25, -0.2) is 0 Å². The summed E-state index contributed by atoms with van der Waals surface area (Å²) in [6.07, 6.45) is 5.66. The Hall–Kier alpha value is -2.40. The van der Waals surface area contributed by atoms with Gasteiger partial charge in [0.25, 0.3) is 5.91 Å². The van der Waals surface area contributed by atoms with Crippen molar-refractivity contribution in [2.45, 2.75) is 25.4 Å². The maximum atomic E-state index is 12.5. The second kappa shape index (κ2) is 7.45. The van der Waals surface area contributed by atoms with Crippen LogP contribution in [0.5, 0.6) is 0 Å². The second-order valence-corrected chi connectivity index (χ2v) is 6.80. The average Bonchev–Trinajstić information content (AvgIpc) is 3.32. The summed E-state index contributed by atoms with van der Waals surface area (Å²) in [7, 11) is 1.61. The van der Waals surface area contributed by atoms with Gasteiger partial charge in [-0.2, -0.15) is 0 Å². The molecule has 0 atom stereocenters. The van der Waals surface area contributed by atoms with E-state index in [1.807, 2.05) is 40.6 Å². The van der Waals surface area contributed by atoms with E-state index < -0.39 is 0 Å². The predicted molar refractivity (Wildman–Crippen MR) is 96.8 cm³/mol. The van der Waals surface area contributed by atoms with E-state index in [2.05, 4.69) is 5.32 Å². The molecule has 0 bridgehead atoms. The molecule has 0 radical (unpaired) electrons. The summed E-state index contributed by atoms with van der Waals surface area (Å²) >= 11 is 1.62. The maximum absolute atomic E-state index is 12.5. The van der Waals surface area contributed by atoms with Crippen molar-refractivity contribution in [2.24, 2.45) is 0 Å². The van der Waals surface area contributed by atoms with Crippen molar-refractivity contribution in [3.05, 3.63) is 63.9 Å². The zero-order chi connectivity index (χ0) is 16.9. The van der Waals surface area contributed by atoms with Gasteiger partial charge in [0, 0.05) is 36.2 Å². The zero-order valence-corrected chi connectivity index (χ0v) is 14.4. The average molecular weight is 340 g/mol. The van der Waals surface area contributed by atoms with Crippen molar-refractivity contribution in [1.29, 1.82) is 0 Å². The van der Waals surface area contributed by atoms with Gasteiger partial charge >= 0.3 is 0 Å². The number of hydrogen-bond acceptors (Lipinski definition) is 3. The highest BCUT2D eigenvalue weighted by Gasteiger charge is 2.31. The Morgan fingerprint density at radius 3 is 2.58 bits per heavy atom. The summed E-state index contributed by atoms with van der Waals surface area (Å²) in [6.45, 7) is 0.576. The number of nitrogens with one attached hydrogen (secondary N) is 1. The SMILES string of the molecule is CNC(=O)c1ccc(CN(C(=O)/C=C/c2cccs2)C2CC2)cc1. The van der Waals surface area contributed by atoms with Gasteiger partial charge < -0.3 is 10.2 Å². The van der Waals surface area contributed by atoms with Crippen LogP contribution < -0.4 is 5.32 Å². The summed E-state index contributed by atoms with van der Waals surface area (Å²) < 4.78 is 0. The normalized spacial score (nSPS) is 13.9. The molecule has 1 aliphatic rings. The highest BCUT2D eigenvalue weighted by Crippen LogP contribution is 2.29. The minimum absolute atomic E-state index is 0.0428. The lowest BCUT2D eigenvalue weighted by Gasteiger charge is -2.21. The lowest BCUT2D eigenvalue weighted by atomic mass is 10.1.